The molecule has 2 N–H and O–H groups in total. The Balaban J connectivity index is 3.40. The van der Waals surface area contributed by atoms with Crippen LogP contribution >= 0.6 is 0 Å². The van der Waals surface area contributed by atoms with E-state index in [0.29, 0.717) is 12.8 Å². The second-order valence-electron chi connectivity index (χ2n) is 2.14. The van der Waals surface area contributed by atoms with Crippen LogP contribution in [0.15, 0.2) is 0 Å². The first-order valence-electron chi connectivity index (χ1n) is 2.82. The molecule has 0 saturated heterocycles. The average molecular weight is 126 g/mol. The van der Waals surface area contributed by atoms with E-state index in [2.05, 4.69) is 0 Å². The third-order valence-electron chi connectivity index (χ3n) is 0.989. The molecule has 50 valence electrons. The quantitative estimate of drug-likeness (QED) is 0.595. The van der Waals surface area contributed by atoms with Crippen LogP contribution in [0.3, 0.4) is 0 Å². The van der Waals surface area contributed by atoms with Crippen LogP contribution in [0.1, 0.15) is 19.8 Å². The summed E-state index contributed by atoms with van der Waals surface area (Å²) in [6.45, 7) is 1.83. The van der Waals surface area contributed by atoms with Gasteiger partial charge in [-0.15, -0.1) is 0 Å². The fourth-order valence-electron chi connectivity index (χ4n) is 0.571. The zero-order chi connectivity index (χ0) is 7.28. The summed E-state index contributed by atoms with van der Waals surface area (Å²) < 4.78 is 0. The Morgan fingerprint density at radius 2 is 2.44 bits per heavy atom. The number of nitriles is 1. The summed E-state index contributed by atoms with van der Waals surface area (Å²) in [4.78, 5) is 10.2. The molecule has 0 aromatic heterocycles. The lowest BCUT2D eigenvalue weighted by molar-refractivity contribution is -0.118. The summed E-state index contributed by atoms with van der Waals surface area (Å²) >= 11 is 0. The second-order valence-corrected chi connectivity index (χ2v) is 2.14. The highest BCUT2D eigenvalue weighted by molar-refractivity contribution is 5.73. The van der Waals surface area contributed by atoms with E-state index in [0.717, 1.165) is 0 Å². The minimum absolute atomic E-state index is 0.104. The molecule has 0 aliphatic carbocycles. The van der Waals surface area contributed by atoms with Crippen LogP contribution in [-0.4, -0.2) is 5.91 Å². The van der Waals surface area contributed by atoms with Crippen LogP contribution in [0.2, 0.25) is 0 Å². The van der Waals surface area contributed by atoms with E-state index >= 15 is 0 Å². The summed E-state index contributed by atoms with van der Waals surface area (Å²) in [6.07, 6.45) is 0.719. The molecule has 9 heavy (non-hydrogen) atoms. The van der Waals surface area contributed by atoms with Crippen molar-refractivity contribution in [3.63, 3.8) is 0 Å². The maximum absolute atomic E-state index is 10.2. The van der Waals surface area contributed by atoms with Gasteiger partial charge in [0.2, 0.25) is 5.91 Å². The molecule has 0 bridgehead atoms. The van der Waals surface area contributed by atoms with E-state index in [-0.39, 0.29) is 11.8 Å². The Hall–Kier alpha value is -1.04. The van der Waals surface area contributed by atoms with Gasteiger partial charge >= 0.3 is 0 Å². The zero-order valence-corrected chi connectivity index (χ0v) is 5.42. The van der Waals surface area contributed by atoms with Crippen molar-refractivity contribution in [1.29, 1.82) is 5.26 Å². The van der Waals surface area contributed by atoms with E-state index in [1.807, 2.05) is 13.0 Å². The van der Waals surface area contributed by atoms with Crippen LogP contribution < -0.4 is 5.73 Å². The molecule has 1 amide bonds. The molecule has 0 aliphatic heterocycles. The van der Waals surface area contributed by atoms with Crippen LogP contribution in [0.4, 0.5) is 0 Å². The van der Waals surface area contributed by atoms with Gasteiger partial charge in [-0.1, -0.05) is 6.92 Å². The predicted octanol–water partition coefficient (Wildman–Crippen LogP) is 0.412. The third-order valence-corrected chi connectivity index (χ3v) is 0.989. The lowest BCUT2D eigenvalue weighted by atomic mass is 10.1. The predicted molar refractivity (Wildman–Crippen MR) is 33.2 cm³/mol. The lowest BCUT2D eigenvalue weighted by Crippen LogP contribution is -2.14. The number of hydrogen-bond donors (Lipinski definition) is 1. The normalized spacial score (nSPS) is 12.0. The van der Waals surface area contributed by atoms with Crippen molar-refractivity contribution in [2.45, 2.75) is 19.8 Å². The minimum Gasteiger partial charge on any atom is -0.370 e. The van der Waals surface area contributed by atoms with E-state index < -0.39 is 0 Å². The Morgan fingerprint density at radius 1 is 1.89 bits per heavy atom. The van der Waals surface area contributed by atoms with Crippen molar-refractivity contribution in [2.75, 3.05) is 0 Å². The topological polar surface area (TPSA) is 66.9 Å². The maximum Gasteiger partial charge on any atom is 0.217 e. The summed E-state index contributed by atoms with van der Waals surface area (Å²) in [5.41, 5.74) is 4.88. The van der Waals surface area contributed by atoms with Crippen LogP contribution in [-0.2, 0) is 4.79 Å². The van der Waals surface area contributed by atoms with Gasteiger partial charge in [0.1, 0.15) is 0 Å². The summed E-state index contributed by atoms with van der Waals surface area (Å²) in [5.74, 6) is -0.231. The molecule has 0 fully saturated rings. The number of nitrogens with two attached hydrogens (primary N) is 1. The van der Waals surface area contributed by atoms with Gasteiger partial charge in [0.05, 0.1) is 6.07 Å². The molecular weight excluding hydrogens is 116 g/mol. The molecule has 0 saturated carbocycles. The van der Waals surface area contributed by atoms with Gasteiger partial charge < -0.3 is 5.73 Å². The first-order chi connectivity index (χ1) is 4.16. The van der Waals surface area contributed by atoms with E-state index in [9.17, 15) is 4.79 Å². The van der Waals surface area contributed by atoms with Crippen LogP contribution in [0.5, 0.6) is 0 Å². The van der Waals surface area contributed by atoms with Gasteiger partial charge in [0, 0.05) is 12.8 Å². The number of carbonyl (C=O) groups excluding carboxylic acids is 1. The van der Waals surface area contributed by atoms with Crippen molar-refractivity contribution in [3.8, 4) is 6.07 Å². The Morgan fingerprint density at radius 3 is 2.78 bits per heavy atom. The molecule has 0 radical (unpaired) electrons. The van der Waals surface area contributed by atoms with Gasteiger partial charge in [-0.05, 0) is 5.92 Å². The summed E-state index contributed by atoms with van der Waals surface area (Å²) in [5, 5.41) is 8.15. The van der Waals surface area contributed by atoms with Gasteiger partial charge in [0.15, 0.2) is 0 Å². The summed E-state index contributed by atoms with van der Waals surface area (Å²) in [6, 6.07) is 1.97. The third kappa shape index (κ3) is 4.82. The van der Waals surface area contributed by atoms with Crippen LogP contribution in [0.25, 0.3) is 0 Å². The van der Waals surface area contributed by atoms with Crippen molar-refractivity contribution in [3.05, 3.63) is 0 Å². The van der Waals surface area contributed by atoms with Crippen LogP contribution in [0, 0.1) is 17.2 Å². The van der Waals surface area contributed by atoms with Crippen molar-refractivity contribution in [2.24, 2.45) is 11.7 Å². The molecule has 0 aromatic carbocycles. The van der Waals surface area contributed by atoms with E-state index in [1.165, 1.54) is 0 Å². The Labute approximate surface area is 54.5 Å². The van der Waals surface area contributed by atoms with Crippen molar-refractivity contribution in [1.82, 2.24) is 0 Å². The first kappa shape index (κ1) is 7.96. The van der Waals surface area contributed by atoms with Gasteiger partial charge in [-0.25, -0.2) is 0 Å². The average Bonchev–Trinajstić information content (AvgIpc) is 1.63. The molecule has 1 unspecified atom stereocenters. The fraction of sp³-hybridized carbons (Fsp3) is 0.667. The number of primary amides is 1. The Bertz CT molecular complexity index is 136. The molecule has 1 atom stereocenters. The van der Waals surface area contributed by atoms with Gasteiger partial charge in [0.25, 0.3) is 0 Å². The highest BCUT2D eigenvalue weighted by Crippen LogP contribution is 2.03. The molecule has 0 spiro atoms. The highest BCUT2D eigenvalue weighted by atomic mass is 16.1. The van der Waals surface area contributed by atoms with Gasteiger partial charge in [-0.3, -0.25) is 4.79 Å². The largest absolute Gasteiger partial charge is 0.370 e. The SMILES string of the molecule is CC(CC#N)CC(N)=O. The molecule has 3 heteroatoms. The number of carbonyl (C=O) groups is 1. The van der Waals surface area contributed by atoms with E-state index in [1.54, 1.807) is 0 Å². The zero-order valence-electron chi connectivity index (χ0n) is 5.42. The number of nitrogens with zero attached hydrogens (tertiary/aromatic N) is 1. The number of amides is 1. The fourth-order valence-corrected chi connectivity index (χ4v) is 0.571. The molecule has 0 heterocycles. The smallest absolute Gasteiger partial charge is 0.217 e. The van der Waals surface area contributed by atoms with Crippen molar-refractivity contribution >= 4 is 5.91 Å². The van der Waals surface area contributed by atoms with E-state index in [4.69, 9.17) is 11.0 Å². The number of rotatable bonds is 3. The second kappa shape index (κ2) is 3.90. The molecular formula is C6H10N2O. The first-order valence-corrected chi connectivity index (χ1v) is 2.82. The molecule has 0 aliphatic rings. The Kier molecular flexibility index (Phi) is 3.45. The number of hydrogen-bond acceptors (Lipinski definition) is 2. The van der Waals surface area contributed by atoms with Crippen molar-refractivity contribution < 1.29 is 4.79 Å². The molecule has 3 nitrogen and oxygen atoms in total. The minimum atomic E-state index is -0.335. The molecule has 0 rings (SSSR count). The monoisotopic (exact) mass is 126 g/mol. The van der Waals surface area contributed by atoms with Gasteiger partial charge in [-0.2, -0.15) is 5.26 Å². The lowest BCUT2D eigenvalue weighted by Gasteiger charge is -2.00. The molecule has 0 aromatic rings. The summed E-state index contributed by atoms with van der Waals surface area (Å²) in [7, 11) is 0. The maximum atomic E-state index is 10.2. The highest BCUT2D eigenvalue weighted by Gasteiger charge is 2.03. The standard InChI is InChI=1S/C6H10N2O/c1-5(2-3-7)4-6(8)9/h5H,2,4H2,1H3,(H2,8,9).